The third-order valence-electron chi connectivity index (χ3n) is 5.45. The molecular weight excluding hydrogens is 322 g/mol. The number of carboxylic acid groups (broad SMARTS) is 1. The van der Waals surface area contributed by atoms with Gasteiger partial charge < -0.3 is 19.5 Å². The molecule has 1 amide bonds. The maximum atomic E-state index is 13.2. The lowest BCUT2D eigenvalue weighted by molar-refractivity contribution is -0.146. The lowest BCUT2D eigenvalue weighted by atomic mass is 9.74. The molecular formula is C19H19NO5. The molecule has 2 fully saturated rings. The van der Waals surface area contributed by atoms with Gasteiger partial charge in [0.2, 0.25) is 5.91 Å². The van der Waals surface area contributed by atoms with Gasteiger partial charge in [0, 0.05) is 5.69 Å². The maximum Gasteiger partial charge on any atom is 0.310 e. The molecule has 130 valence electrons. The molecule has 0 aliphatic carbocycles. The van der Waals surface area contributed by atoms with Crippen molar-refractivity contribution in [1.29, 1.82) is 0 Å². The van der Waals surface area contributed by atoms with E-state index in [4.69, 9.17) is 9.47 Å². The van der Waals surface area contributed by atoms with Crippen molar-refractivity contribution in [2.75, 3.05) is 12.0 Å². The molecule has 4 rings (SSSR count). The van der Waals surface area contributed by atoms with E-state index in [0.717, 1.165) is 0 Å². The van der Waals surface area contributed by atoms with Crippen molar-refractivity contribution in [3.8, 4) is 5.75 Å². The zero-order valence-corrected chi connectivity index (χ0v) is 13.8. The number of carbonyl (C=O) groups excluding carboxylic acids is 1. The molecule has 2 bridgehead atoms. The van der Waals surface area contributed by atoms with E-state index in [1.165, 1.54) is 0 Å². The van der Waals surface area contributed by atoms with E-state index in [-0.39, 0.29) is 11.9 Å². The van der Waals surface area contributed by atoms with Crippen LogP contribution in [-0.2, 0) is 14.3 Å². The number of hydrogen-bond donors (Lipinski definition) is 1. The minimum Gasteiger partial charge on any atom is -0.497 e. The van der Waals surface area contributed by atoms with Crippen LogP contribution < -0.4 is 9.64 Å². The van der Waals surface area contributed by atoms with Gasteiger partial charge in [-0.15, -0.1) is 6.58 Å². The van der Waals surface area contributed by atoms with Crippen LogP contribution in [0.25, 0.3) is 0 Å². The van der Waals surface area contributed by atoms with E-state index < -0.39 is 29.5 Å². The molecule has 25 heavy (non-hydrogen) atoms. The number of rotatable bonds is 5. The quantitative estimate of drug-likeness (QED) is 0.829. The molecule has 1 aromatic carbocycles. The Hall–Kier alpha value is -2.60. The average Bonchev–Trinajstić information content (AvgIpc) is 3.24. The van der Waals surface area contributed by atoms with Crippen LogP contribution in [0.2, 0.25) is 0 Å². The zero-order valence-electron chi connectivity index (χ0n) is 13.8. The van der Waals surface area contributed by atoms with Crippen molar-refractivity contribution in [3.63, 3.8) is 0 Å². The molecule has 3 aliphatic heterocycles. The molecule has 1 N–H and O–H groups in total. The highest BCUT2D eigenvalue weighted by Gasteiger charge is 2.71. The third kappa shape index (κ3) is 2.00. The summed E-state index contributed by atoms with van der Waals surface area (Å²) in [7, 11) is 1.58. The predicted octanol–water partition coefficient (Wildman–Crippen LogP) is 2.01. The lowest BCUT2D eigenvalue weighted by Gasteiger charge is -2.32. The first-order valence-electron chi connectivity index (χ1n) is 8.21. The van der Waals surface area contributed by atoms with Gasteiger partial charge in [-0.3, -0.25) is 9.59 Å². The highest BCUT2D eigenvalue weighted by atomic mass is 16.5. The summed E-state index contributed by atoms with van der Waals surface area (Å²) in [5, 5.41) is 9.62. The van der Waals surface area contributed by atoms with Crippen LogP contribution in [0.5, 0.6) is 5.75 Å². The standard InChI is InChI=1S/C19H19NO5/c1-3-4-14-19-10-9-13(25-19)15(18(22)23)16(19)17(21)20(14)11-5-7-12(24-2)8-6-11/h3,5-10,13-16H,1,4H2,2H3,(H,22,23)/t13-,14-,15+,16-,19-/m1/s1. The number of hydrogen-bond acceptors (Lipinski definition) is 4. The van der Waals surface area contributed by atoms with Crippen molar-refractivity contribution >= 4 is 17.6 Å². The number of carbonyl (C=O) groups is 2. The number of nitrogens with zero attached hydrogens (tertiary/aromatic N) is 1. The number of aliphatic carboxylic acids is 1. The van der Waals surface area contributed by atoms with Gasteiger partial charge in [-0.05, 0) is 30.7 Å². The van der Waals surface area contributed by atoms with Crippen LogP contribution in [-0.4, -0.2) is 41.8 Å². The summed E-state index contributed by atoms with van der Waals surface area (Å²) in [6.45, 7) is 3.80. The summed E-state index contributed by atoms with van der Waals surface area (Å²) in [6, 6.07) is 6.85. The molecule has 0 aromatic heterocycles. The van der Waals surface area contributed by atoms with Gasteiger partial charge in [0.25, 0.3) is 0 Å². The minimum absolute atomic E-state index is 0.212. The molecule has 0 saturated carbocycles. The predicted molar refractivity (Wildman–Crippen MR) is 90.4 cm³/mol. The monoisotopic (exact) mass is 341 g/mol. The van der Waals surface area contributed by atoms with Crippen LogP contribution in [0.1, 0.15) is 6.42 Å². The molecule has 0 radical (unpaired) electrons. The second-order valence-electron chi connectivity index (χ2n) is 6.58. The Balaban J connectivity index is 1.80. The van der Waals surface area contributed by atoms with Crippen molar-refractivity contribution in [1.82, 2.24) is 0 Å². The van der Waals surface area contributed by atoms with Gasteiger partial charge in [-0.25, -0.2) is 0 Å². The Labute approximate surface area is 145 Å². The smallest absolute Gasteiger partial charge is 0.310 e. The van der Waals surface area contributed by atoms with Gasteiger partial charge in [0.15, 0.2) is 0 Å². The van der Waals surface area contributed by atoms with E-state index in [0.29, 0.717) is 17.9 Å². The van der Waals surface area contributed by atoms with Crippen molar-refractivity contribution in [2.45, 2.75) is 24.2 Å². The number of benzene rings is 1. The molecule has 5 atom stereocenters. The number of anilines is 1. The summed E-state index contributed by atoms with van der Waals surface area (Å²) in [4.78, 5) is 26.6. The molecule has 1 aromatic rings. The van der Waals surface area contributed by atoms with Crippen molar-refractivity contribution in [2.24, 2.45) is 11.8 Å². The summed E-state index contributed by atoms with van der Waals surface area (Å²) in [5.74, 6) is -2.09. The van der Waals surface area contributed by atoms with Crippen LogP contribution in [0, 0.1) is 11.8 Å². The molecule has 1 spiro atoms. The SMILES string of the molecule is C=CC[C@H]1N(c2ccc(OC)cc2)C(=O)[C@H]2[C@@H](C(=O)O)[C@H]3C=C[C@]21O3. The van der Waals surface area contributed by atoms with Crippen molar-refractivity contribution in [3.05, 3.63) is 49.1 Å². The number of fused-ring (bicyclic) bond motifs is 1. The molecule has 3 heterocycles. The second kappa shape index (κ2) is 5.46. The van der Waals surface area contributed by atoms with E-state index >= 15 is 0 Å². The molecule has 2 saturated heterocycles. The van der Waals surface area contributed by atoms with Crippen molar-refractivity contribution < 1.29 is 24.2 Å². The fourth-order valence-corrected chi connectivity index (χ4v) is 4.43. The molecule has 3 aliphatic rings. The molecule has 6 heteroatoms. The van der Waals surface area contributed by atoms with Gasteiger partial charge in [0.1, 0.15) is 17.3 Å². The Bertz CT molecular complexity index is 771. The van der Waals surface area contributed by atoms with Gasteiger partial charge in [-0.1, -0.05) is 18.2 Å². The summed E-state index contributed by atoms with van der Waals surface area (Å²) in [5.41, 5.74) is -0.204. The number of carboxylic acids is 1. The fourth-order valence-electron chi connectivity index (χ4n) is 4.43. The largest absolute Gasteiger partial charge is 0.497 e. The number of amides is 1. The second-order valence-corrected chi connectivity index (χ2v) is 6.58. The normalized spacial score (nSPS) is 35.1. The summed E-state index contributed by atoms with van der Waals surface area (Å²) < 4.78 is 11.2. The first kappa shape index (κ1) is 15.9. The van der Waals surface area contributed by atoms with E-state index in [9.17, 15) is 14.7 Å². The molecule has 6 nitrogen and oxygen atoms in total. The van der Waals surface area contributed by atoms with Gasteiger partial charge in [-0.2, -0.15) is 0 Å². The van der Waals surface area contributed by atoms with Crippen LogP contribution in [0.15, 0.2) is 49.1 Å². The number of ether oxygens (including phenoxy) is 2. The third-order valence-corrected chi connectivity index (χ3v) is 5.45. The Morgan fingerprint density at radius 2 is 2.16 bits per heavy atom. The topological polar surface area (TPSA) is 76.1 Å². The van der Waals surface area contributed by atoms with Crippen LogP contribution >= 0.6 is 0 Å². The van der Waals surface area contributed by atoms with E-state index in [1.54, 1.807) is 48.4 Å². The van der Waals surface area contributed by atoms with Gasteiger partial charge in [0.05, 0.1) is 25.2 Å². The summed E-state index contributed by atoms with van der Waals surface area (Å²) in [6.07, 6.45) is 5.35. The van der Waals surface area contributed by atoms with E-state index in [2.05, 4.69) is 6.58 Å². The first-order valence-corrected chi connectivity index (χ1v) is 8.21. The number of methoxy groups -OCH3 is 1. The fraction of sp³-hybridized carbons (Fsp3) is 0.368. The first-order chi connectivity index (χ1) is 12.0. The molecule has 0 unspecified atom stereocenters. The summed E-state index contributed by atoms with van der Waals surface area (Å²) >= 11 is 0. The Morgan fingerprint density at radius 1 is 1.44 bits per heavy atom. The minimum atomic E-state index is -0.997. The van der Waals surface area contributed by atoms with Crippen LogP contribution in [0.4, 0.5) is 5.69 Å². The highest BCUT2D eigenvalue weighted by molar-refractivity contribution is 6.03. The lowest BCUT2D eigenvalue weighted by Crippen LogP contribution is -2.45. The Morgan fingerprint density at radius 3 is 2.76 bits per heavy atom. The van der Waals surface area contributed by atoms with Crippen LogP contribution in [0.3, 0.4) is 0 Å². The van der Waals surface area contributed by atoms with E-state index in [1.807, 2.05) is 6.08 Å². The Kier molecular flexibility index (Phi) is 3.47. The average molecular weight is 341 g/mol. The zero-order chi connectivity index (χ0) is 17.8. The van der Waals surface area contributed by atoms with Gasteiger partial charge >= 0.3 is 5.97 Å². The highest BCUT2D eigenvalue weighted by Crippen LogP contribution is 2.56. The maximum absolute atomic E-state index is 13.2.